The fraction of sp³-hybridized carbons (Fsp3) is 0.286. The summed E-state index contributed by atoms with van der Waals surface area (Å²) >= 11 is 0. The number of carbonyl (C=O) groups is 4. The number of fused-ring (bicyclic) bond motifs is 3. The Labute approximate surface area is 217 Å². The topological polar surface area (TPSA) is 190 Å². The van der Waals surface area contributed by atoms with Gasteiger partial charge in [0.15, 0.2) is 11.6 Å². The van der Waals surface area contributed by atoms with Gasteiger partial charge in [0.1, 0.15) is 22.7 Å². The van der Waals surface area contributed by atoms with Crippen molar-refractivity contribution in [3.63, 3.8) is 0 Å². The Morgan fingerprint density at radius 2 is 1.82 bits per heavy atom. The van der Waals surface area contributed by atoms with Gasteiger partial charge in [0, 0.05) is 23.6 Å². The average Bonchev–Trinajstić information content (AvgIpc) is 2.85. The number of aromatic hydroxyl groups is 1. The van der Waals surface area contributed by atoms with Gasteiger partial charge in [0.25, 0.3) is 5.91 Å². The van der Waals surface area contributed by atoms with Crippen molar-refractivity contribution in [3.8, 4) is 16.9 Å². The molecule has 7 N–H and O–H groups in total. The van der Waals surface area contributed by atoms with Gasteiger partial charge in [0.2, 0.25) is 0 Å². The molecule has 0 aliphatic heterocycles. The predicted molar refractivity (Wildman–Crippen MR) is 135 cm³/mol. The zero-order chi connectivity index (χ0) is 27.7. The first-order valence-corrected chi connectivity index (χ1v) is 12.0. The Morgan fingerprint density at radius 3 is 2.47 bits per heavy atom. The third kappa shape index (κ3) is 3.44. The number of nitrogens with two attached hydrogens (primary N) is 2. The molecule has 0 fully saturated rings. The van der Waals surface area contributed by atoms with Crippen LogP contribution in [-0.4, -0.2) is 51.5 Å². The molecule has 0 spiro atoms. The van der Waals surface area contributed by atoms with E-state index in [1.54, 1.807) is 18.2 Å². The highest BCUT2D eigenvalue weighted by molar-refractivity contribution is 6.20. The zero-order valence-corrected chi connectivity index (χ0v) is 20.7. The first-order chi connectivity index (χ1) is 17.9. The van der Waals surface area contributed by atoms with Crippen molar-refractivity contribution < 1.29 is 39.2 Å². The molecule has 0 bridgehead atoms. The first kappa shape index (κ1) is 25.2. The number of methoxy groups -OCH3 is 1. The minimum atomic E-state index is -2.12. The zero-order valence-electron chi connectivity index (χ0n) is 20.7. The van der Waals surface area contributed by atoms with Gasteiger partial charge in [0.05, 0.1) is 18.2 Å². The standard InChI is InChI=1S/C28H26N2O8/c1-11-21-13(6-15-10-20(32)23(26(30)35)25(34)28(11,15)37)9-18-17(3-4-19(31)22(18)24(21)33)12-5-14(27(36)38-2)8-16(29)7-12/h3-5,7-8,13,15,31,34,37H,6,9-10,29H2,1-2H3,(H2,30,35)/t13-,15+,28-/m1/s1. The van der Waals surface area contributed by atoms with Crippen molar-refractivity contribution >= 4 is 29.1 Å². The highest BCUT2D eigenvalue weighted by Gasteiger charge is 2.56. The van der Waals surface area contributed by atoms with Crippen LogP contribution in [0.15, 0.2) is 52.8 Å². The number of rotatable bonds is 3. The van der Waals surface area contributed by atoms with Crippen molar-refractivity contribution in [3.05, 3.63) is 69.5 Å². The van der Waals surface area contributed by atoms with Crippen LogP contribution in [0.3, 0.4) is 0 Å². The van der Waals surface area contributed by atoms with Crippen LogP contribution in [0.25, 0.3) is 11.1 Å². The minimum absolute atomic E-state index is 0.0303. The molecule has 0 saturated heterocycles. The summed E-state index contributed by atoms with van der Waals surface area (Å²) in [4.78, 5) is 50.5. The highest BCUT2D eigenvalue weighted by Crippen LogP contribution is 2.53. The second-order valence-corrected chi connectivity index (χ2v) is 10.0. The number of aliphatic hydroxyl groups is 2. The number of Topliss-reactive ketones (excluding diaryl/α,β-unsaturated/α-hetero) is 2. The van der Waals surface area contributed by atoms with Gasteiger partial charge >= 0.3 is 5.97 Å². The number of amides is 1. The van der Waals surface area contributed by atoms with E-state index in [9.17, 15) is 34.5 Å². The van der Waals surface area contributed by atoms with Crippen LogP contribution >= 0.6 is 0 Å². The predicted octanol–water partition coefficient (Wildman–Crippen LogP) is 2.12. The van der Waals surface area contributed by atoms with E-state index in [1.807, 2.05) is 0 Å². The first-order valence-electron chi connectivity index (χ1n) is 12.0. The van der Waals surface area contributed by atoms with E-state index < -0.39 is 52.2 Å². The summed E-state index contributed by atoms with van der Waals surface area (Å²) in [5, 5.41) is 33.2. The van der Waals surface area contributed by atoms with E-state index in [1.165, 1.54) is 26.2 Å². The molecular weight excluding hydrogens is 492 g/mol. The summed E-state index contributed by atoms with van der Waals surface area (Å²) in [5.41, 5.74) is 11.1. The molecule has 1 amide bonds. The normalized spacial score (nSPS) is 24.5. The molecule has 0 unspecified atom stereocenters. The van der Waals surface area contributed by atoms with Crippen LogP contribution in [0.1, 0.15) is 46.0 Å². The number of phenols is 1. The smallest absolute Gasteiger partial charge is 0.337 e. The fourth-order valence-corrected chi connectivity index (χ4v) is 6.29. The molecule has 3 atom stereocenters. The maximum atomic E-state index is 13.9. The van der Waals surface area contributed by atoms with E-state index in [4.69, 9.17) is 16.2 Å². The number of ketones is 2. The summed E-state index contributed by atoms with van der Waals surface area (Å²) in [6.07, 6.45) is 0.203. The number of aliphatic hydroxyl groups excluding tert-OH is 1. The van der Waals surface area contributed by atoms with Crippen LogP contribution in [0.4, 0.5) is 5.69 Å². The number of hydrogen-bond donors (Lipinski definition) is 5. The lowest BCUT2D eigenvalue weighted by atomic mass is 9.58. The number of esters is 1. The lowest BCUT2D eigenvalue weighted by molar-refractivity contribution is -0.126. The molecular formula is C28H26N2O8. The van der Waals surface area contributed by atoms with E-state index >= 15 is 0 Å². The van der Waals surface area contributed by atoms with Crippen molar-refractivity contribution in [2.45, 2.75) is 31.8 Å². The van der Waals surface area contributed by atoms with Gasteiger partial charge in [-0.1, -0.05) is 6.07 Å². The molecule has 2 aromatic carbocycles. The van der Waals surface area contributed by atoms with Gasteiger partial charge in [-0.2, -0.15) is 0 Å². The van der Waals surface area contributed by atoms with Crippen LogP contribution in [0, 0.1) is 11.8 Å². The lowest BCUT2D eigenvalue weighted by Gasteiger charge is -2.47. The largest absolute Gasteiger partial charge is 0.508 e. The Morgan fingerprint density at radius 1 is 1.11 bits per heavy atom. The number of phenolic OH excluding ortho intramolecular Hbond substituents is 1. The molecule has 0 heterocycles. The molecule has 10 heteroatoms. The van der Waals surface area contributed by atoms with Crippen LogP contribution in [0.2, 0.25) is 0 Å². The Hall–Kier alpha value is -4.44. The number of ether oxygens (including phenoxy) is 1. The monoisotopic (exact) mass is 518 g/mol. The average molecular weight is 519 g/mol. The van der Waals surface area contributed by atoms with E-state index in [2.05, 4.69) is 0 Å². The van der Waals surface area contributed by atoms with E-state index in [-0.39, 0.29) is 47.3 Å². The van der Waals surface area contributed by atoms with Gasteiger partial charge in [-0.15, -0.1) is 0 Å². The number of allylic oxidation sites excluding steroid dienone is 1. The fourth-order valence-electron chi connectivity index (χ4n) is 6.29. The number of benzene rings is 2. The van der Waals surface area contributed by atoms with Gasteiger partial charge in [-0.05, 0) is 72.2 Å². The summed E-state index contributed by atoms with van der Waals surface area (Å²) in [6, 6.07) is 7.71. The lowest BCUT2D eigenvalue weighted by Crippen LogP contribution is -2.53. The van der Waals surface area contributed by atoms with Crippen LogP contribution in [-0.2, 0) is 20.7 Å². The molecule has 3 aliphatic rings. The summed E-state index contributed by atoms with van der Waals surface area (Å²) in [5.74, 6) is -5.30. The van der Waals surface area contributed by atoms with Crippen LogP contribution in [0.5, 0.6) is 5.75 Å². The number of primary amides is 1. The minimum Gasteiger partial charge on any atom is -0.508 e. The molecule has 10 nitrogen and oxygen atoms in total. The van der Waals surface area contributed by atoms with Crippen molar-refractivity contribution in [1.29, 1.82) is 0 Å². The third-order valence-corrected chi connectivity index (χ3v) is 8.00. The van der Waals surface area contributed by atoms with Gasteiger partial charge in [-0.3, -0.25) is 14.4 Å². The number of anilines is 1. The van der Waals surface area contributed by atoms with E-state index in [0.29, 0.717) is 22.4 Å². The van der Waals surface area contributed by atoms with Crippen molar-refractivity contribution in [2.75, 3.05) is 12.8 Å². The summed E-state index contributed by atoms with van der Waals surface area (Å²) in [6.45, 7) is 1.48. The maximum Gasteiger partial charge on any atom is 0.337 e. The molecule has 0 aromatic heterocycles. The Kier molecular flexibility index (Phi) is 5.68. The SMILES string of the molecule is COC(=O)c1cc(N)cc(-c2ccc(O)c3c2C[C@H]2C[C@H]4CC(=O)C(C(N)=O)=C(O)[C@@]4(O)C(C)=C2C3=O)c1. The van der Waals surface area contributed by atoms with Crippen molar-refractivity contribution in [2.24, 2.45) is 17.6 Å². The van der Waals surface area contributed by atoms with Crippen molar-refractivity contribution in [1.82, 2.24) is 0 Å². The third-order valence-electron chi connectivity index (χ3n) is 8.00. The second-order valence-electron chi connectivity index (χ2n) is 10.0. The summed E-state index contributed by atoms with van der Waals surface area (Å²) < 4.78 is 4.81. The second kappa shape index (κ2) is 8.56. The number of carbonyl (C=O) groups excluding carboxylic acids is 4. The quantitative estimate of drug-likeness (QED) is 0.230. The van der Waals surface area contributed by atoms with Gasteiger partial charge < -0.3 is 31.5 Å². The highest BCUT2D eigenvalue weighted by atomic mass is 16.5. The molecule has 196 valence electrons. The number of hydrogen-bond acceptors (Lipinski definition) is 9. The van der Waals surface area contributed by atoms with E-state index in [0.717, 1.165) is 0 Å². The molecule has 38 heavy (non-hydrogen) atoms. The molecule has 3 aliphatic carbocycles. The Balaban J connectivity index is 1.70. The number of nitrogen functional groups attached to an aromatic ring is 1. The van der Waals surface area contributed by atoms with Crippen LogP contribution < -0.4 is 11.5 Å². The molecule has 0 saturated carbocycles. The maximum absolute atomic E-state index is 13.9. The summed E-state index contributed by atoms with van der Waals surface area (Å²) in [7, 11) is 1.25. The molecule has 2 aromatic rings. The Bertz CT molecular complexity index is 1540. The molecule has 0 radical (unpaired) electrons. The van der Waals surface area contributed by atoms with Gasteiger partial charge in [-0.25, -0.2) is 4.79 Å². The molecule has 5 rings (SSSR count).